The third kappa shape index (κ3) is 5.99. The van der Waals surface area contributed by atoms with Crippen molar-refractivity contribution in [1.82, 2.24) is 0 Å². The Morgan fingerprint density at radius 3 is 1.86 bits per heavy atom. The van der Waals surface area contributed by atoms with Crippen molar-refractivity contribution in [3.8, 4) is 0 Å². The number of aliphatic hydroxyl groups excluding tert-OH is 6. The van der Waals surface area contributed by atoms with Crippen LogP contribution in [0.25, 0.3) is 0 Å². The van der Waals surface area contributed by atoms with Crippen molar-refractivity contribution >= 4 is 35.4 Å². The van der Waals surface area contributed by atoms with Gasteiger partial charge in [-0.2, -0.15) is 0 Å². The molecule has 0 bridgehead atoms. The SMILES string of the molecule is CC(=O)C(=O)OC(OC(=O)C(C)O)(C(=O)C(=O)OOC(=O)C(C)O)C1(O)O[C@H](CO)[C@@H](O)[C@H](O)[C@H]1O. The Bertz CT molecular complexity index is 894. The van der Waals surface area contributed by atoms with Gasteiger partial charge >= 0.3 is 35.4 Å². The Morgan fingerprint density at radius 1 is 0.889 bits per heavy atom. The van der Waals surface area contributed by atoms with Crippen LogP contribution in [0.1, 0.15) is 20.8 Å². The van der Waals surface area contributed by atoms with Crippen molar-refractivity contribution in [3.05, 3.63) is 0 Å². The average Bonchev–Trinajstić information content (AvgIpc) is 2.81. The standard InChI is InChI=1S/C18H24O18/c1-5(20)13(27)33-18(34-14(28)6(2)21,12(26)16(30)36-35-15(29)7(3)22)17(31)11(25)10(24)9(23)8(4-19)32-17/h5,7-11,19-20,22-25,31H,4H2,1-3H3/t5?,7?,8-,9-,10+,11-,17?,18?/m1/s1. The van der Waals surface area contributed by atoms with Gasteiger partial charge in [-0.25, -0.2) is 29.0 Å². The van der Waals surface area contributed by atoms with E-state index < -0.39 is 90.2 Å². The number of hydrogen-bond acceptors (Lipinski definition) is 18. The van der Waals surface area contributed by atoms with Crippen LogP contribution in [-0.4, -0.2) is 126 Å². The lowest BCUT2D eigenvalue weighted by Crippen LogP contribution is -2.78. The molecule has 18 nitrogen and oxygen atoms in total. The second kappa shape index (κ2) is 11.8. The fourth-order valence-corrected chi connectivity index (χ4v) is 2.60. The zero-order chi connectivity index (χ0) is 28.2. The van der Waals surface area contributed by atoms with E-state index in [1.807, 2.05) is 0 Å². The monoisotopic (exact) mass is 528 g/mol. The van der Waals surface area contributed by atoms with Crippen molar-refractivity contribution in [2.75, 3.05) is 6.61 Å². The van der Waals surface area contributed by atoms with E-state index in [1.165, 1.54) is 0 Å². The summed E-state index contributed by atoms with van der Waals surface area (Å²) in [5.41, 5.74) is 0. The van der Waals surface area contributed by atoms with E-state index >= 15 is 0 Å². The number of hydrogen-bond donors (Lipinski definition) is 7. The molecule has 1 heterocycles. The summed E-state index contributed by atoms with van der Waals surface area (Å²) in [6.07, 6.45) is -14.0. The number of carbonyl (C=O) groups is 6. The van der Waals surface area contributed by atoms with Gasteiger partial charge in [0.05, 0.1) is 6.61 Å². The summed E-state index contributed by atoms with van der Waals surface area (Å²) in [5, 5.41) is 69.5. The Hall–Kier alpha value is -3.10. The molecular formula is C18H24O18. The molecule has 0 amide bonds. The van der Waals surface area contributed by atoms with E-state index in [4.69, 9.17) is 9.84 Å². The lowest BCUT2D eigenvalue weighted by molar-refractivity contribution is -0.427. The first kappa shape index (κ1) is 30.9. The molecule has 18 heteroatoms. The molecule has 204 valence electrons. The highest BCUT2D eigenvalue weighted by molar-refractivity contribution is 6.38. The Labute approximate surface area is 200 Å². The molecule has 8 atom stereocenters. The van der Waals surface area contributed by atoms with Crippen LogP contribution >= 0.6 is 0 Å². The van der Waals surface area contributed by atoms with Gasteiger partial charge in [0.2, 0.25) is 5.78 Å². The molecule has 0 aliphatic carbocycles. The fraction of sp³-hybridized carbons (Fsp3) is 0.667. The molecule has 0 aromatic rings. The first-order valence-electron chi connectivity index (χ1n) is 9.82. The third-order valence-electron chi connectivity index (χ3n) is 4.57. The highest BCUT2D eigenvalue weighted by atomic mass is 17.2. The summed E-state index contributed by atoms with van der Waals surface area (Å²) in [5.74, 6) is -20.8. The number of carbonyl (C=O) groups excluding carboxylic acids is 6. The Balaban J connectivity index is 3.81. The number of ether oxygens (including phenoxy) is 3. The van der Waals surface area contributed by atoms with Crippen LogP contribution in [0.2, 0.25) is 0 Å². The van der Waals surface area contributed by atoms with E-state index in [1.54, 1.807) is 0 Å². The minimum absolute atomic E-state index is 0.536. The van der Waals surface area contributed by atoms with E-state index in [2.05, 4.69) is 19.2 Å². The summed E-state index contributed by atoms with van der Waals surface area (Å²) < 4.78 is 13.8. The number of ketones is 2. The normalized spacial score (nSPS) is 29.1. The van der Waals surface area contributed by atoms with Crippen LogP contribution in [0.15, 0.2) is 0 Å². The molecule has 0 aromatic heterocycles. The van der Waals surface area contributed by atoms with E-state index in [0.29, 0.717) is 13.8 Å². The smallest absolute Gasteiger partial charge is 0.408 e. The predicted octanol–water partition coefficient (Wildman–Crippen LogP) is -6.15. The number of aliphatic hydroxyl groups is 7. The molecule has 0 radical (unpaired) electrons. The second-order valence-electron chi connectivity index (χ2n) is 7.40. The Morgan fingerprint density at radius 2 is 1.42 bits per heavy atom. The molecule has 1 saturated heterocycles. The van der Waals surface area contributed by atoms with Gasteiger partial charge in [-0.15, -0.1) is 0 Å². The molecule has 1 aliphatic rings. The van der Waals surface area contributed by atoms with E-state index in [9.17, 15) is 59.4 Å². The minimum atomic E-state index is -4.36. The van der Waals surface area contributed by atoms with Gasteiger partial charge in [0.15, 0.2) is 6.10 Å². The largest absolute Gasteiger partial charge is 0.430 e. The highest BCUT2D eigenvalue weighted by Gasteiger charge is 2.74. The molecule has 1 aliphatic heterocycles. The van der Waals surface area contributed by atoms with Crippen LogP contribution in [0.4, 0.5) is 0 Å². The van der Waals surface area contributed by atoms with Crippen molar-refractivity contribution in [1.29, 1.82) is 0 Å². The van der Waals surface area contributed by atoms with Gasteiger partial charge in [0, 0.05) is 6.92 Å². The van der Waals surface area contributed by atoms with Crippen molar-refractivity contribution < 1.29 is 88.5 Å². The summed E-state index contributed by atoms with van der Waals surface area (Å²) in [6.45, 7) is 0.815. The van der Waals surface area contributed by atoms with Crippen LogP contribution < -0.4 is 0 Å². The topological polar surface area (TPSA) is 290 Å². The molecule has 7 N–H and O–H groups in total. The fourth-order valence-electron chi connectivity index (χ4n) is 2.60. The van der Waals surface area contributed by atoms with Crippen LogP contribution in [0.5, 0.6) is 0 Å². The van der Waals surface area contributed by atoms with E-state index in [-0.39, 0.29) is 0 Å². The average molecular weight is 528 g/mol. The molecule has 1 rings (SSSR count). The van der Waals surface area contributed by atoms with E-state index in [0.717, 1.165) is 6.92 Å². The summed E-state index contributed by atoms with van der Waals surface area (Å²) >= 11 is 0. The quantitative estimate of drug-likeness (QED) is 0.0481. The maximum absolute atomic E-state index is 13.1. The highest BCUT2D eigenvalue weighted by Crippen LogP contribution is 2.41. The first-order chi connectivity index (χ1) is 16.5. The molecule has 36 heavy (non-hydrogen) atoms. The van der Waals surface area contributed by atoms with Crippen molar-refractivity contribution in [2.24, 2.45) is 0 Å². The molecule has 0 spiro atoms. The molecule has 0 saturated carbocycles. The zero-order valence-corrected chi connectivity index (χ0v) is 18.8. The summed E-state index contributed by atoms with van der Waals surface area (Å²) in [6, 6.07) is 0. The zero-order valence-electron chi connectivity index (χ0n) is 18.8. The van der Waals surface area contributed by atoms with Crippen LogP contribution in [-0.2, 0) is 52.8 Å². The van der Waals surface area contributed by atoms with Crippen molar-refractivity contribution in [3.63, 3.8) is 0 Å². The van der Waals surface area contributed by atoms with Gasteiger partial charge in [0.25, 0.3) is 5.79 Å². The maximum Gasteiger partial charge on any atom is 0.430 e. The lowest BCUT2D eigenvalue weighted by atomic mass is 9.85. The molecule has 4 unspecified atom stereocenters. The third-order valence-corrected chi connectivity index (χ3v) is 4.57. The second-order valence-corrected chi connectivity index (χ2v) is 7.40. The maximum atomic E-state index is 13.1. The lowest BCUT2D eigenvalue weighted by Gasteiger charge is -2.50. The van der Waals surface area contributed by atoms with Crippen molar-refractivity contribution in [2.45, 2.75) is 69.0 Å². The van der Waals surface area contributed by atoms with Crippen LogP contribution in [0.3, 0.4) is 0 Å². The summed E-state index contributed by atoms with van der Waals surface area (Å²) in [4.78, 5) is 80.3. The van der Waals surface area contributed by atoms with Crippen LogP contribution in [0, 0.1) is 0 Å². The number of esters is 2. The summed E-state index contributed by atoms with van der Waals surface area (Å²) in [7, 11) is 0. The van der Waals surface area contributed by atoms with Gasteiger partial charge in [-0.05, 0) is 13.8 Å². The van der Waals surface area contributed by atoms with Gasteiger partial charge in [-0.3, -0.25) is 9.59 Å². The van der Waals surface area contributed by atoms with Gasteiger partial charge in [0.1, 0.15) is 30.5 Å². The number of rotatable bonds is 9. The number of Topliss-reactive ketones (excluding diaryl/α,β-unsaturated/α-hetero) is 2. The van der Waals surface area contributed by atoms with Gasteiger partial charge in [-0.1, -0.05) is 0 Å². The first-order valence-corrected chi connectivity index (χ1v) is 9.82. The molecule has 1 fully saturated rings. The Kier molecular flexibility index (Phi) is 10.1. The minimum Gasteiger partial charge on any atom is -0.408 e. The van der Waals surface area contributed by atoms with Gasteiger partial charge < -0.3 is 50.0 Å². The predicted molar refractivity (Wildman–Crippen MR) is 101 cm³/mol. The molecular weight excluding hydrogens is 504 g/mol. The molecule has 0 aromatic carbocycles.